The van der Waals surface area contributed by atoms with Crippen LogP contribution in [0.3, 0.4) is 0 Å². The summed E-state index contributed by atoms with van der Waals surface area (Å²) in [4.78, 5) is 11.1. The maximum atomic E-state index is 13.3. The molecule has 1 saturated heterocycles. The van der Waals surface area contributed by atoms with Crippen LogP contribution in [0.1, 0.15) is 49.9 Å². The van der Waals surface area contributed by atoms with Crippen LogP contribution in [0.25, 0.3) is 0 Å². The molecule has 1 aliphatic rings. The van der Waals surface area contributed by atoms with E-state index < -0.39 is 0 Å². The Morgan fingerprint density at radius 1 is 1.42 bits per heavy atom. The average molecular weight is 565 g/mol. The zero-order valence-electron chi connectivity index (χ0n) is 18.2. The Hall–Kier alpha value is -1.46. The predicted octanol–water partition coefficient (Wildman–Crippen LogP) is 3.98. The lowest BCUT2D eigenvalue weighted by atomic mass is 10.0. The van der Waals surface area contributed by atoms with Crippen molar-refractivity contribution in [3.63, 3.8) is 0 Å². The Morgan fingerprint density at radius 3 is 2.90 bits per heavy atom. The van der Waals surface area contributed by atoms with Gasteiger partial charge in [-0.15, -0.1) is 24.0 Å². The summed E-state index contributed by atoms with van der Waals surface area (Å²) in [6, 6.07) is 4.87. The van der Waals surface area contributed by atoms with Crippen molar-refractivity contribution in [1.29, 1.82) is 0 Å². The number of piperidine rings is 1. The van der Waals surface area contributed by atoms with Gasteiger partial charge in [-0.3, -0.25) is 9.89 Å². The number of guanidine groups is 1. The molecule has 10 heteroatoms. The van der Waals surface area contributed by atoms with E-state index in [1.165, 1.54) is 12.1 Å². The molecule has 0 amide bonds. The van der Waals surface area contributed by atoms with Gasteiger partial charge in [0, 0.05) is 50.1 Å². The SMILES string of the molecule is CN=C(NCCc1nc(C(C)C)no1)NC1CCCN(Cc2ccc(F)cc2Cl)C1.I. The van der Waals surface area contributed by atoms with Crippen molar-refractivity contribution in [2.45, 2.75) is 51.6 Å². The second kappa shape index (κ2) is 12.5. The van der Waals surface area contributed by atoms with Gasteiger partial charge >= 0.3 is 0 Å². The minimum Gasteiger partial charge on any atom is -0.356 e. The van der Waals surface area contributed by atoms with Gasteiger partial charge in [0.2, 0.25) is 5.89 Å². The van der Waals surface area contributed by atoms with Crippen LogP contribution in [-0.4, -0.2) is 53.7 Å². The number of aliphatic imine (C=N–C) groups is 1. The van der Waals surface area contributed by atoms with Gasteiger partial charge in [-0.1, -0.05) is 36.7 Å². The summed E-state index contributed by atoms with van der Waals surface area (Å²) in [5.74, 6) is 2.06. The summed E-state index contributed by atoms with van der Waals surface area (Å²) in [6.45, 7) is 7.30. The topological polar surface area (TPSA) is 78.6 Å². The highest BCUT2D eigenvalue weighted by atomic mass is 127. The number of hydrogen-bond donors (Lipinski definition) is 2. The molecule has 1 aromatic carbocycles. The molecule has 0 saturated carbocycles. The molecule has 0 spiro atoms. The van der Waals surface area contributed by atoms with E-state index in [1.54, 1.807) is 13.1 Å². The molecular formula is C21H31ClFIN6O. The van der Waals surface area contributed by atoms with Gasteiger partial charge in [-0.05, 0) is 37.1 Å². The fraction of sp³-hybridized carbons (Fsp3) is 0.571. The van der Waals surface area contributed by atoms with Gasteiger partial charge in [0.1, 0.15) is 5.82 Å². The van der Waals surface area contributed by atoms with Gasteiger partial charge in [0.25, 0.3) is 0 Å². The highest BCUT2D eigenvalue weighted by Gasteiger charge is 2.21. The molecule has 2 heterocycles. The van der Waals surface area contributed by atoms with Gasteiger partial charge in [0.05, 0.1) is 0 Å². The quantitative estimate of drug-likeness (QED) is 0.301. The number of benzene rings is 1. The van der Waals surface area contributed by atoms with E-state index in [9.17, 15) is 4.39 Å². The van der Waals surface area contributed by atoms with Gasteiger partial charge < -0.3 is 15.2 Å². The third-order valence-corrected chi connectivity index (χ3v) is 5.46. The number of halogens is 3. The van der Waals surface area contributed by atoms with Crippen LogP contribution in [0.15, 0.2) is 27.7 Å². The summed E-state index contributed by atoms with van der Waals surface area (Å²) in [5.41, 5.74) is 0.946. The lowest BCUT2D eigenvalue weighted by Gasteiger charge is -2.34. The zero-order chi connectivity index (χ0) is 21.5. The number of hydrogen-bond acceptors (Lipinski definition) is 5. The first-order chi connectivity index (χ1) is 14.4. The standard InChI is InChI=1S/C21H30ClFN6O.HI/c1-14(2)20-27-19(30-28-20)8-9-25-21(24-3)26-17-5-4-10-29(13-17)12-15-6-7-16(23)11-18(15)22;/h6-7,11,14,17H,4-5,8-10,12-13H2,1-3H3,(H2,24,25,26);1H. The van der Waals surface area contributed by atoms with Gasteiger partial charge in [-0.25, -0.2) is 4.39 Å². The van der Waals surface area contributed by atoms with E-state index in [1.807, 2.05) is 13.8 Å². The lowest BCUT2D eigenvalue weighted by molar-refractivity contribution is 0.192. The average Bonchev–Trinajstić information content (AvgIpc) is 3.19. The Bertz CT molecular complexity index is 862. The van der Waals surface area contributed by atoms with Crippen LogP contribution < -0.4 is 10.6 Å². The number of nitrogens with zero attached hydrogens (tertiary/aromatic N) is 4. The second-order valence-electron chi connectivity index (χ2n) is 7.90. The van der Waals surface area contributed by atoms with E-state index in [4.69, 9.17) is 16.1 Å². The second-order valence-corrected chi connectivity index (χ2v) is 8.31. The highest BCUT2D eigenvalue weighted by Crippen LogP contribution is 2.21. The molecular weight excluding hydrogens is 534 g/mol. The fourth-order valence-electron chi connectivity index (χ4n) is 3.49. The number of nitrogens with one attached hydrogen (secondary N) is 2. The zero-order valence-corrected chi connectivity index (χ0v) is 21.3. The van der Waals surface area contributed by atoms with Crippen LogP contribution in [0.4, 0.5) is 4.39 Å². The monoisotopic (exact) mass is 564 g/mol. The molecule has 3 rings (SSSR count). The predicted molar refractivity (Wildman–Crippen MR) is 132 cm³/mol. The number of aromatic nitrogens is 2. The molecule has 7 nitrogen and oxygen atoms in total. The number of rotatable bonds is 7. The van der Waals surface area contributed by atoms with Crippen LogP contribution in [0.2, 0.25) is 5.02 Å². The molecule has 172 valence electrons. The maximum absolute atomic E-state index is 13.3. The van der Waals surface area contributed by atoms with Crippen molar-refractivity contribution >= 4 is 41.5 Å². The van der Waals surface area contributed by atoms with Gasteiger partial charge in [-0.2, -0.15) is 4.98 Å². The van der Waals surface area contributed by atoms with Crippen molar-refractivity contribution in [2.75, 3.05) is 26.7 Å². The first kappa shape index (κ1) is 25.8. The van der Waals surface area contributed by atoms with Crippen LogP contribution in [0.5, 0.6) is 0 Å². The van der Waals surface area contributed by atoms with Crippen LogP contribution in [0, 0.1) is 5.82 Å². The molecule has 0 bridgehead atoms. The molecule has 1 aromatic heterocycles. The summed E-state index contributed by atoms with van der Waals surface area (Å²) in [7, 11) is 1.76. The minimum atomic E-state index is -0.308. The summed E-state index contributed by atoms with van der Waals surface area (Å²) < 4.78 is 18.6. The molecule has 1 unspecified atom stereocenters. The first-order valence-corrected chi connectivity index (χ1v) is 10.8. The number of likely N-dealkylation sites (tertiary alicyclic amines) is 1. The normalized spacial score (nSPS) is 17.5. The fourth-order valence-corrected chi connectivity index (χ4v) is 3.71. The van der Waals surface area contributed by atoms with Crippen molar-refractivity contribution in [3.05, 3.63) is 46.3 Å². The van der Waals surface area contributed by atoms with Gasteiger partial charge in [0.15, 0.2) is 11.8 Å². The van der Waals surface area contributed by atoms with E-state index >= 15 is 0 Å². The van der Waals surface area contributed by atoms with Crippen LogP contribution in [-0.2, 0) is 13.0 Å². The van der Waals surface area contributed by atoms with Crippen LogP contribution >= 0.6 is 35.6 Å². The molecule has 1 aliphatic heterocycles. The van der Waals surface area contributed by atoms with E-state index in [0.717, 1.165) is 43.3 Å². The molecule has 0 aliphatic carbocycles. The smallest absolute Gasteiger partial charge is 0.228 e. The maximum Gasteiger partial charge on any atom is 0.228 e. The molecule has 1 atom stereocenters. The van der Waals surface area contributed by atoms with Crippen molar-refractivity contribution in [2.24, 2.45) is 4.99 Å². The Balaban J connectivity index is 0.00000341. The minimum absolute atomic E-state index is 0. The molecule has 1 fully saturated rings. The molecule has 31 heavy (non-hydrogen) atoms. The summed E-state index contributed by atoms with van der Waals surface area (Å²) in [6.07, 6.45) is 2.78. The first-order valence-electron chi connectivity index (χ1n) is 10.4. The van der Waals surface area contributed by atoms with Crippen molar-refractivity contribution in [3.8, 4) is 0 Å². The third-order valence-electron chi connectivity index (χ3n) is 5.11. The summed E-state index contributed by atoms with van der Waals surface area (Å²) >= 11 is 6.19. The van der Waals surface area contributed by atoms with Crippen molar-refractivity contribution in [1.82, 2.24) is 25.7 Å². The molecule has 2 N–H and O–H groups in total. The highest BCUT2D eigenvalue weighted by molar-refractivity contribution is 14.0. The Labute approximate surface area is 205 Å². The molecule has 0 radical (unpaired) electrons. The van der Waals surface area contributed by atoms with E-state index in [2.05, 4.69) is 30.7 Å². The Kier molecular flexibility index (Phi) is 10.4. The third kappa shape index (κ3) is 7.87. The van der Waals surface area contributed by atoms with E-state index in [-0.39, 0.29) is 41.8 Å². The molecule has 2 aromatic rings. The Morgan fingerprint density at radius 2 is 2.23 bits per heavy atom. The van der Waals surface area contributed by atoms with E-state index in [0.29, 0.717) is 30.4 Å². The largest absolute Gasteiger partial charge is 0.356 e. The lowest BCUT2D eigenvalue weighted by Crippen LogP contribution is -2.51. The van der Waals surface area contributed by atoms with Crippen molar-refractivity contribution < 1.29 is 8.91 Å². The summed E-state index contributed by atoms with van der Waals surface area (Å²) in [5, 5.41) is 11.3.